The first-order chi connectivity index (χ1) is 9.75. The number of hydrogen-bond donors (Lipinski definition) is 2. The molecule has 0 amide bonds. The van der Waals surface area contributed by atoms with Crippen LogP contribution in [0.4, 0.5) is 0 Å². The molecule has 0 fully saturated rings. The van der Waals surface area contributed by atoms with Gasteiger partial charge < -0.3 is 10.4 Å². The van der Waals surface area contributed by atoms with Gasteiger partial charge in [0.15, 0.2) is 0 Å². The Bertz CT molecular complexity index is 487. The van der Waals surface area contributed by atoms with Crippen molar-refractivity contribution in [3.63, 3.8) is 0 Å². The molecule has 0 saturated heterocycles. The van der Waals surface area contributed by atoms with Crippen LogP contribution in [-0.2, 0) is 6.42 Å². The molecule has 1 unspecified atom stereocenters. The minimum atomic E-state index is -0.447. The highest BCUT2D eigenvalue weighted by Crippen LogP contribution is 2.11. The Morgan fingerprint density at radius 1 is 1.15 bits per heavy atom. The van der Waals surface area contributed by atoms with E-state index in [1.165, 1.54) is 5.56 Å². The summed E-state index contributed by atoms with van der Waals surface area (Å²) in [6.07, 6.45) is 5.29. The average molecular weight is 270 g/mol. The summed E-state index contributed by atoms with van der Waals surface area (Å²) < 4.78 is 0. The summed E-state index contributed by atoms with van der Waals surface area (Å²) in [5.41, 5.74) is 2.21. The van der Waals surface area contributed by atoms with Crippen LogP contribution < -0.4 is 5.32 Å². The molecule has 106 valence electrons. The molecule has 1 aromatic heterocycles. The van der Waals surface area contributed by atoms with E-state index in [2.05, 4.69) is 23.3 Å². The van der Waals surface area contributed by atoms with Gasteiger partial charge in [-0.3, -0.25) is 4.98 Å². The van der Waals surface area contributed by atoms with Crippen molar-refractivity contribution in [2.75, 3.05) is 6.54 Å². The quantitative estimate of drug-likeness (QED) is 0.813. The van der Waals surface area contributed by atoms with Crippen molar-refractivity contribution in [2.24, 2.45) is 0 Å². The molecule has 0 aliphatic heterocycles. The normalized spacial score (nSPS) is 13.9. The van der Waals surface area contributed by atoms with E-state index in [0.717, 1.165) is 18.4 Å². The van der Waals surface area contributed by atoms with Crippen molar-refractivity contribution in [2.45, 2.75) is 31.9 Å². The van der Waals surface area contributed by atoms with Gasteiger partial charge in [-0.25, -0.2) is 0 Å². The van der Waals surface area contributed by atoms with Crippen molar-refractivity contribution in [1.82, 2.24) is 10.3 Å². The summed E-state index contributed by atoms with van der Waals surface area (Å²) in [7, 11) is 0. The molecule has 3 nitrogen and oxygen atoms in total. The van der Waals surface area contributed by atoms with Gasteiger partial charge in [-0.2, -0.15) is 0 Å². The number of aliphatic hydroxyl groups is 1. The number of nitrogens with zero attached hydrogens (tertiary/aromatic N) is 1. The zero-order chi connectivity index (χ0) is 14.2. The van der Waals surface area contributed by atoms with Gasteiger partial charge >= 0.3 is 0 Å². The van der Waals surface area contributed by atoms with Crippen LogP contribution in [0.25, 0.3) is 0 Å². The summed E-state index contributed by atoms with van der Waals surface area (Å²) >= 11 is 0. The zero-order valence-electron chi connectivity index (χ0n) is 11.9. The number of hydrogen-bond acceptors (Lipinski definition) is 3. The van der Waals surface area contributed by atoms with Gasteiger partial charge in [0.05, 0.1) is 6.10 Å². The second-order valence-corrected chi connectivity index (χ2v) is 5.14. The lowest BCUT2D eigenvalue weighted by atomic mass is 10.1. The van der Waals surface area contributed by atoms with E-state index in [4.69, 9.17) is 0 Å². The Balaban J connectivity index is 1.71. The summed E-state index contributed by atoms with van der Waals surface area (Å²) in [6, 6.07) is 14.2. The third-order valence-corrected chi connectivity index (χ3v) is 3.43. The topological polar surface area (TPSA) is 45.2 Å². The van der Waals surface area contributed by atoms with E-state index >= 15 is 0 Å². The summed E-state index contributed by atoms with van der Waals surface area (Å²) in [5, 5.41) is 13.5. The first kappa shape index (κ1) is 14.7. The Hall–Kier alpha value is -1.71. The fourth-order valence-corrected chi connectivity index (χ4v) is 2.14. The van der Waals surface area contributed by atoms with Gasteiger partial charge in [-0.05, 0) is 37.0 Å². The average Bonchev–Trinajstić information content (AvgIpc) is 2.52. The molecular weight excluding hydrogens is 248 g/mol. The molecule has 1 heterocycles. The Morgan fingerprint density at radius 3 is 2.65 bits per heavy atom. The smallest absolute Gasteiger partial charge is 0.0914 e. The standard InChI is InChI=1S/C17H22N2O/c1-14(9-10-15-6-5-11-18-12-15)19-13-17(20)16-7-3-2-4-8-16/h2-8,11-12,14,17,19-20H,9-10,13H2,1H3/t14?,17-/m1/s1. The fourth-order valence-electron chi connectivity index (χ4n) is 2.14. The molecule has 2 N–H and O–H groups in total. The minimum Gasteiger partial charge on any atom is -0.387 e. The predicted octanol–water partition coefficient (Wildman–Crippen LogP) is 2.73. The molecule has 20 heavy (non-hydrogen) atoms. The van der Waals surface area contributed by atoms with Gasteiger partial charge in [0.2, 0.25) is 0 Å². The third kappa shape index (κ3) is 4.76. The molecule has 0 bridgehead atoms. The molecule has 0 saturated carbocycles. The highest BCUT2D eigenvalue weighted by Gasteiger charge is 2.09. The van der Waals surface area contributed by atoms with E-state index in [-0.39, 0.29) is 0 Å². The van der Waals surface area contributed by atoms with E-state index in [9.17, 15) is 5.11 Å². The molecule has 0 aliphatic carbocycles. The molecule has 0 aliphatic rings. The summed E-state index contributed by atoms with van der Waals surface area (Å²) in [6.45, 7) is 2.73. The maximum atomic E-state index is 10.1. The number of aromatic nitrogens is 1. The summed E-state index contributed by atoms with van der Waals surface area (Å²) in [5.74, 6) is 0. The lowest BCUT2D eigenvalue weighted by molar-refractivity contribution is 0.170. The van der Waals surface area contributed by atoms with E-state index in [1.807, 2.05) is 42.6 Å². The van der Waals surface area contributed by atoms with E-state index in [1.54, 1.807) is 6.20 Å². The number of pyridine rings is 1. The third-order valence-electron chi connectivity index (χ3n) is 3.43. The number of rotatable bonds is 7. The van der Waals surface area contributed by atoms with Gasteiger partial charge in [0.25, 0.3) is 0 Å². The molecule has 2 aromatic rings. The zero-order valence-corrected chi connectivity index (χ0v) is 11.9. The molecule has 3 heteroatoms. The van der Waals surface area contributed by atoms with Crippen molar-refractivity contribution < 1.29 is 5.11 Å². The Labute approximate surface area is 120 Å². The molecule has 2 rings (SSSR count). The largest absolute Gasteiger partial charge is 0.387 e. The number of benzene rings is 1. The predicted molar refractivity (Wildman–Crippen MR) is 81.4 cm³/mol. The highest BCUT2D eigenvalue weighted by molar-refractivity contribution is 5.17. The lowest BCUT2D eigenvalue weighted by Gasteiger charge is -2.17. The van der Waals surface area contributed by atoms with E-state index in [0.29, 0.717) is 12.6 Å². The van der Waals surface area contributed by atoms with Crippen LogP contribution in [0.1, 0.15) is 30.6 Å². The van der Waals surface area contributed by atoms with Gasteiger partial charge in [-0.1, -0.05) is 36.4 Å². The van der Waals surface area contributed by atoms with Crippen molar-refractivity contribution in [3.05, 3.63) is 66.0 Å². The van der Waals surface area contributed by atoms with Crippen LogP contribution in [-0.4, -0.2) is 22.7 Å². The first-order valence-corrected chi connectivity index (χ1v) is 7.11. The van der Waals surface area contributed by atoms with Gasteiger partial charge in [0.1, 0.15) is 0 Å². The van der Waals surface area contributed by atoms with Gasteiger partial charge in [0, 0.05) is 25.0 Å². The summed E-state index contributed by atoms with van der Waals surface area (Å²) in [4.78, 5) is 4.12. The number of aliphatic hydroxyl groups excluding tert-OH is 1. The Kier molecular flexibility index (Phi) is 5.71. The SMILES string of the molecule is CC(CCc1cccnc1)NC[C@@H](O)c1ccccc1. The first-order valence-electron chi connectivity index (χ1n) is 7.11. The maximum absolute atomic E-state index is 10.1. The molecule has 0 spiro atoms. The van der Waals surface area contributed by atoms with Crippen LogP contribution in [0, 0.1) is 0 Å². The molecule has 2 atom stereocenters. The number of aryl methyl sites for hydroxylation is 1. The van der Waals surface area contributed by atoms with Crippen LogP contribution in [0.5, 0.6) is 0 Å². The van der Waals surface area contributed by atoms with Crippen LogP contribution in [0.15, 0.2) is 54.9 Å². The van der Waals surface area contributed by atoms with Crippen molar-refractivity contribution in [3.8, 4) is 0 Å². The van der Waals surface area contributed by atoms with Crippen LogP contribution in [0.2, 0.25) is 0 Å². The highest BCUT2D eigenvalue weighted by atomic mass is 16.3. The van der Waals surface area contributed by atoms with Crippen LogP contribution in [0.3, 0.4) is 0 Å². The maximum Gasteiger partial charge on any atom is 0.0914 e. The van der Waals surface area contributed by atoms with Gasteiger partial charge in [-0.15, -0.1) is 0 Å². The second kappa shape index (κ2) is 7.78. The fraction of sp³-hybridized carbons (Fsp3) is 0.353. The molecule has 0 radical (unpaired) electrons. The molecule has 1 aromatic carbocycles. The van der Waals surface area contributed by atoms with Crippen molar-refractivity contribution >= 4 is 0 Å². The monoisotopic (exact) mass is 270 g/mol. The van der Waals surface area contributed by atoms with Crippen molar-refractivity contribution in [1.29, 1.82) is 0 Å². The van der Waals surface area contributed by atoms with Crippen LogP contribution >= 0.6 is 0 Å². The Morgan fingerprint density at radius 2 is 1.95 bits per heavy atom. The molecular formula is C17H22N2O. The second-order valence-electron chi connectivity index (χ2n) is 5.14. The minimum absolute atomic E-state index is 0.369. The number of nitrogens with one attached hydrogen (secondary N) is 1. The lowest BCUT2D eigenvalue weighted by Crippen LogP contribution is -2.30. The van der Waals surface area contributed by atoms with E-state index < -0.39 is 6.10 Å².